The number of alkyl halides is 1. The number of nitrogens with one attached hydrogen (secondary N) is 1. The molecule has 30 heavy (non-hydrogen) atoms. The molecule has 1 aliphatic heterocycles. The minimum absolute atomic E-state index is 0.0256. The smallest absolute Gasteiger partial charge is 0.309 e. The molecule has 1 saturated carbocycles. The summed E-state index contributed by atoms with van der Waals surface area (Å²) >= 11 is 0. The average Bonchev–Trinajstić information content (AvgIpc) is 3.54. The first kappa shape index (κ1) is 20.1. The predicted octanol–water partition coefficient (Wildman–Crippen LogP) is 2.89. The van der Waals surface area contributed by atoms with Crippen molar-refractivity contribution in [2.24, 2.45) is 0 Å². The van der Waals surface area contributed by atoms with Gasteiger partial charge < -0.3 is 10.2 Å². The van der Waals surface area contributed by atoms with Crippen LogP contribution < -0.4 is 10.2 Å². The topological polar surface area (TPSA) is 91.3 Å². The van der Waals surface area contributed by atoms with Crippen LogP contribution in [0.3, 0.4) is 0 Å². The Bertz CT molecular complexity index is 937. The number of urea groups is 1. The fourth-order valence-electron chi connectivity index (χ4n) is 3.56. The van der Waals surface area contributed by atoms with Gasteiger partial charge in [0.05, 0.1) is 25.0 Å². The maximum Gasteiger partial charge on any atom is 0.327 e. The number of rotatable bonds is 7. The van der Waals surface area contributed by atoms with E-state index in [1.165, 1.54) is 4.90 Å². The van der Waals surface area contributed by atoms with Crippen LogP contribution in [0.4, 0.5) is 25.3 Å². The van der Waals surface area contributed by atoms with E-state index in [1.54, 1.807) is 13.1 Å². The largest absolute Gasteiger partial charge is 0.327 e. The quantitative estimate of drug-likeness (QED) is 0.750. The van der Waals surface area contributed by atoms with Crippen molar-refractivity contribution in [3.8, 4) is 0 Å². The molecule has 2 aromatic heterocycles. The predicted molar refractivity (Wildman–Crippen MR) is 105 cm³/mol. The van der Waals surface area contributed by atoms with Gasteiger partial charge in [-0.15, -0.1) is 0 Å². The summed E-state index contributed by atoms with van der Waals surface area (Å²) in [5.74, 6) is -0.237. The molecule has 2 atom stereocenters. The Morgan fingerprint density at radius 2 is 2.03 bits per heavy atom. The zero-order valence-corrected chi connectivity index (χ0v) is 16.5. The van der Waals surface area contributed by atoms with Crippen LogP contribution >= 0.6 is 0 Å². The molecule has 1 aliphatic carbocycles. The van der Waals surface area contributed by atoms with Crippen molar-refractivity contribution < 1.29 is 18.4 Å². The standard InChI is InChI=1S/C20H22F2N6O2/c1-2-15(22)16-10-28(19-24-8-14(21)9-25-19)20(30)27(16)11-18(29)26-17-7-13(5-6-23-17)12-3-4-12/h5-9,12,15-16H,2-4,10-11H2,1H3,(H,23,26,29)/t15-,16+/m0/s1. The van der Waals surface area contributed by atoms with E-state index in [4.69, 9.17) is 0 Å². The molecule has 2 aromatic rings. The number of hydrogen-bond acceptors (Lipinski definition) is 5. The van der Waals surface area contributed by atoms with Crippen molar-refractivity contribution in [3.05, 3.63) is 42.1 Å². The van der Waals surface area contributed by atoms with Gasteiger partial charge in [0, 0.05) is 6.20 Å². The minimum atomic E-state index is -1.33. The second kappa shape index (κ2) is 8.29. The SMILES string of the molecule is CC[C@H](F)[C@H]1CN(c2ncc(F)cn2)C(=O)N1CC(=O)Nc1cc(C2CC2)ccn1. The Labute approximate surface area is 172 Å². The zero-order chi connectivity index (χ0) is 21.3. The molecule has 0 spiro atoms. The lowest BCUT2D eigenvalue weighted by atomic mass is 10.1. The van der Waals surface area contributed by atoms with Crippen LogP contribution in [0.1, 0.15) is 37.7 Å². The first-order valence-electron chi connectivity index (χ1n) is 9.91. The molecule has 0 bridgehead atoms. The molecule has 3 amide bonds. The van der Waals surface area contributed by atoms with Crippen LogP contribution in [0.15, 0.2) is 30.7 Å². The Morgan fingerprint density at radius 3 is 2.70 bits per heavy atom. The molecular formula is C20H22F2N6O2. The zero-order valence-electron chi connectivity index (χ0n) is 16.5. The number of amides is 3. The minimum Gasteiger partial charge on any atom is -0.309 e. The third kappa shape index (κ3) is 4.22. The van der Waals surface area contributed by atoms with Gasteiger partial charge >= 0.3 is 6.03 Å². The first-order chi connectivity index (χ1) is 14.5. The summed E-state index contributed by atoms with van der Waals surface area (Å²) in [6, 6.07) is 2.30. The second-order valence-electron chi connectivity index (χ2n) is 7.51. The van der Waals surface area contributed by atoms with Crippen molar-refractivity contribution in [3.63, 3.8) is 0 Å². The fourth-order valence-corrected chi connectivity index (χ4v) is 3.56. The van der Waals surface area contributed by atoms with Gasteiger partial charge in [-0.05, 0) is 42.9 Å². The third-order valence-electron chi connectivity index (χ3n) is 5.32. The van der Waals surface area contributed by atoms with Crippen molar-refractivity contribution in [1.29, 1.82) is 0 Å². The summed E-state index contributed by atoms with van der Waals surface area (Å²) in [6.07, 6.45) is 4.60. The van der Waals surface area contributed by atoms with Crippen LogP contribution in [-0.4, -0.2) is 57.1 Å². The molecule has 2 aliphatic rings. The number of anilines is 2. The van der Waals surface area contributed by atoms with Crippen LogP contribution in [-0.2, 0) is 4.79 Å². The monoisotopic (exact) mass is 416 g/mol. The summed E-state index contributed by atoms with van der Waals surface area (Å²) in [5, 5.41) is 2.69. The van der Waals surface area contributed by atoms with E-state index in [0.717, 1.165) is 35.7 Å². The van der Waals surface area contributed by atoms with Gasteiger partial charge in [0.2, 0.25) is 11.9 Å². The van der Waals surface area contributed by atoms with E-state index >= 15 is 0 Å². The normalized spacial score (nSPS) is 19.8. The molecule has 4 rings (SSSR count). The summed E-state index contributed by atoms with van der Waals surface area (Å²) in [7, 11) is 0. The van der Waals surface area contributed by atoms with Crippen LogP contribution in [0.25, 0.3) is 0 Å². The highest BCUT2D eigenvalue weighted by Gasteiger charge is 2.43. The number of hydrogen-bond donors (Lipinski definition) is 1. The van der Waals surface area contributed by atoms with Gasteiger partial charge in [0.25, 0.3) is 0 Å². The van der Waals surface area contributed by atoms with Gasteiger partial charge in [-0.3, -0.25) is 9.69 Å². The van der Waals surface area contributed by atoms with E-state index < -0.39 is 30.0 Å². The Kier molecular flexibility index (Phi) is 5.56. The summed E-state index contributed by atoms with van der Waals surface area (Å²) in [5.41, 5.74) is 1.12. The van der Waals surface area contributed by atoms with Crippen molar-refractivity contribution in [2.45, 2.75) is 44.3 Å². The molecule has 0 unspecified atom stereocenters. The summed E-state index contributed by atoms with van der Waals surface area (Å²) in [4.78, 5) is 39.5. The molecular weight excluding hydrogens is 394 g/mol. The lowest BCUT2D eigenvalue weighted by Crippen LogP contribution is -2.44. The third-order valence-corrected chi connectivity index (χ3v) is 5.32. The van der Waals surface area contributed by atoms with Gasteiger partial charge in [-0.25, -0.2) is 28.5 Å². The maximum atomic E-state index is 14.6. The van der Waals surface area contributed by atoms with E-state index in [9.17, 15) is 18.4 Å². The molecule has 0 aromatic carbocycles. The number of aromatic nitrogens is 3. The molecule has 0 radical (unpaired) electrons. The maximum absolute atomic E-state index is 14.6. The number of nitrogens with zero attached hydrogens (tertiary/aromatic N) is 5. The van der Waals surface area contributed by atoms with E-state index in [2.05, 4.69) is 20.3 Å². The highest BCUT2D eigenvalue weighted by Crippen LogP contribution is 2.40. The lowest BCUT2D eigenvalue weighted by Gasteiger charge is -2.24. The number of carbonyl (C=O) groups excluding carboxylic acids is 2. The highest BCUT2D eigenvalue weighted by molar-refractivity contribution is 5.98. The average molecular weight is 416 g/mol. The van der Waals surface area contributed by atoms with Crippen molar-refractivity contribution in [2.75, 3.05) is 23.3 Å². The molecule has 158 valence electrons. The van der Waals surface area contributed by atoms with E-state index in [0.29, 0.717) is 11.7 Å². The second-order valence-corrected chi connectivity index (χ2v) is 7.51. The van der Waals surface area contributed by atoms with Crippen LogP contribution in [0.5, 0.6) is 0 Å². The van der Waals surface area contributed by atoms with Crippen molar-refractivity contribution in [1.82, 2.24) is 19.9 Å². The molecule has 1 N–H and O–H groups in total. The summed E-state index contributed by atoms with van der Waals surface area (Å²) in [6.45, 7) is 1.30. The van der Waals surface area contributed by atoms with Crippen LogP contribution in [0.2, 0.25) is 0 Å². The Morgan fingerprint density at radius 1 is 1.30 bits per heavy atom. The highest BCUT2D eigenvalue weighted by atomic mass is 19.1. The Hall–Kier alpha value is -3.17. The fraction of sp³-hybridized carbons (Fsp3) is 0.450. The van der Waals surface area contributed by atoms with Gasteiger partial charge in [0.15, 0.2) is 5.82 Å². The van der Waals surface area contributed by atoms with Gasteiger partial charge in [-0.2, -0.15) is 0 Å². The first-order valence-corrected chi connectivity index (χ1v) is 9.91. The van der Waals surface area contributed by atoms with E-state index in [1.807, 2.05) is 12.1 Å². The van der Waals surface area contributed by atoms with Crippen LogP contribution in [0, 0.1) is 5.82 Å². The number of carbonyl (C=O) groups is 2. The van der Waals surface area contributed by atoms with Gasteiger partial charge in [-0.1, -0.05) is 6.92 Å². The Balaban J connectivity index is 1.48. The molecule has 8 nitrogen and oxygen atoms in total. The lowest BCUT2D eigenvalue weighted by molar-refractivity contribution is -0.117. The molecule has 10 heteroatoms. The molecule has 3 heterocycles. The van der Waals surface area contributed by atoms with E-state index in [-0.39, 0.29) is 25.5 Å². The van der Waals surface area contributed by atoms with Gasteiger partial charge in [0.1, 0.15) is 18.5 Å². The summed E-state index contributed by atoms with van der Waals surface area (Å²) < 4.78 is 27.7. The van der Waals surface area contributed by atoms with Crippen molar-refractivity contribution >= 4 is 23.7 Å². The molecule has 1 saturated heterocycles. The number of pyridine rings is 1. The molecule has 2 fully saturated rings. The number of halogens is 2.